The first-order valence-electron chi connectivity index (χ1n) is 7.02. The molecule has 0 aromatic heterocycles. The summed E-state index contributed by atoms with van der Waals surface area (Å²) in [4.78, 5) is 26.9. The van der Waals surface area contributed by atoms with E-state index >= 15 is 0 Å². The first-order chi connectivity index (χ1) is 9.49. The second kappa shape index (κ2) is 6.67. The molecule has 0 bridgehead atoms. The molecule has 0 spiro atoms. The summed E-state index contributed by atoms with van der Waals surface area (Å²) in [5.74, 6) is 0.750. The van der Waals surface area contributed by atoms with Crippen molar-refractivity contribution in [2.75, 3.05) is 31.1 Å². The molecule has 0 aliphatic carbocycles. The topological polar surface area (TPSA) is 81.1 Å². The number of carbonyl (C=O) groups is 2. The van der Waals surface area contributed by atoms with E-state index in [1.807, 2.05) is 6.92 Å². The molecule has 2 rings (SSSR count). The number of aliphatic hydroxyl groups excluding tert-OH is 1. The van der Waals surface area contributed by atoms with Crippen molar-refractivity contribution in [1.29, 1.82) is 0 Å². The van der Waals surface area contributed by atoms with Gasteiger partial charge < -0.3 is 20.0 Å². The van der Waals surface area contributed by atoms with Crippen molar-refractivity contribution >= 4 is 23.8 Å². The van der Waals surface area contributed by atoms with E-state index in [0.717, 1.165) is 5.75 Å². The Bertz CT molecular complexity index is 379. The van der Waals surface area contributed by atoms with Crippen LogP contribution >= 0.6 is 11.8 Å². The van der Waals surface area contributed by atoms with Crippen molar-refractivity contribution in [3.05, 3.63) is 0 Å². The molecule has 2 amide bonds. The predicted molar refractivity (Wildman–Crippen MR) is 76.8 cm³/mol. The van der Waals surface area contributed by atoms with Crippen LogP contribution in [-0.2, 0) is 4.79 Å². The lowest BCUT2D eigenvalue weighted by Crippen LogP contribution is -2.55. The number of nitrogens with zero attached hydrogens (tertiary/aromatic N) is 2. The summed E-state index contributed by atoms with van der Waals surface area (Å²) < 4.78 is 0. The van der Waals surface area contributed by atoms with Gasteiger partial charge in [-0.05, 0) is 12.3 Å². The zero-order chi connectivity index (χ0) is 14.7. The Morgan fingerprint density at radius 3 is 2.75 bits per heavy atom. The Labute approximate surface area is 123 Å². The number of carboxylic acid groups (broad SMARTS) is 1. The highest BCUT2D eigenvalue weighted by Crippen LogP contribution is 2.23. The molecule has 2 N–H and O–H groups in total. The number of amides is 2. The number of thioether (sulfide) groups is 1. The Morgan fingerprint density at radius 1 is 1.35 bits per heavy atom. The SMILES string of the molecule is CC1CN(C(=O)N2CCSCC2CC(=O)O)CCC1O. The van der Waals surface area contributed by atoms with Gasteiger partial charge in [-0.2, -0.15) is 11.8 Å². The van der Waals surface area contributed by atoms with Crippen LogP contribution in [0.15, 0.2) is 0 Å². The van der Waals surface area contributed by atoms with Gasteiger partial charge in [0, 0.05) is 31.1 Å². The van der Waals surface area contributed by atoms with Gasteiger partial charge in [-0.1, -0.05) is 6.92 Å². The number of rotatable bonds is 2. The third kappa shape index (κ3) is 3.58. The lowest BCUT2D eigenvalue weighted by Gasteiger charge is -2.41. The summed E-state index contributed by atoms with van der Waals surface area (Å²) in [7, 11) is 0. The zero-order valence-corrected chi connectivity index (χ0v) is 12.5. The number of hydrogen-bond acceptors (Lipinski definition) is 4. The number of aliphatic carboxylic acids is 1. The molecule has 3 atom stereocenters. The number of urea groups is 1. The molecule has 114 valence electrons. The largest absolute Gasteiger partial charge is 0.481 e. The van der Waals surface area contributed by atoms with Crippen LogP contribution in [-0.4, -0.2) is 75.3 Å². The van der Waals surface area contributed by atoms with Crippen molar-refractivity contribution in [3.63, 3.8) is 0 Å². The molecular formula is C13H22N2O4S. The number of piperidine rings is 1. The molecule has 6 nitrogen and oxygen atoms in total. The standard InChI is InChI=1S/C13H22N2O4S/c1-9-7-14(3-2-11(9)16)13(19)15-4-5-20-8-10(15)6-12(17)18/h9-11,16H,2-8H2,1H3,(H,17,18). The van der Waals surface area contributed by atoms with Crippen molar-refractivity contribution in [2.24, 2.45) is 5.92 Å². The van der Waals surface area contributed by atoms with Gasteiger partial charge in [-0.3, -0.25) is 4.79 Å². The average Bonchev–Trinajstić information content (AvgIpc) is 2.41. The van der Waals surface area contributed by atoms with Crippen molar-refractivity contribution in [3.8, 4) is 0 Å². The summed E-state index contributed by atoms with van der Waals surface area (Å²) in [6.07, 6.45) is 0.259. The molecule has 3 unspecified atom stereocenters. The van der Waals surface area contributed by atoms with Crippen LogP contribution in [0.25, 0.3) is 0 Å². The zero-order valence-electron chi connectivity index (χ0n) is 11.7. The highest BCUT2D eigenvalue weighted by atomic mass is 32.2. The van der Waals surface area contributed by atoms with Crippen molar-refractivity contribution < 1.29 is 19.8 Å². The van der Waals surface area contributed by atoms with E-state index in [4.69, 9.17) is 5.11 Å². The molecule has 2 fully saturated rings. The maximum absolute atomic E-state index is 12.6. The number of carboxylic acids is 1. The van der Waals surface area contributed by atoms with Crippen LogP contribution in [0.4, 0.5) is 4.79 Å². The van der Waals surface area contributed by atoms with E-state index in [-0.39, 0.29) is 30.5 Å². The van der Waals surface area contributed by atoms with Gasteiger partial charge in [0.1, 0.15) is 0 Å². The molecule has 2 heterocycles. The molecule has 2 aliphatic heterocycles. The first-order valence-corrected chi connectivity index (χ1v) is 8.17. The first kappa shape index (κ1) is 15.4. The second-order valence-corrected chi connectivity index (χ2v) is 6.73. The lowest BCUT2D eigenvalue weighted by atomic mass is 9.97. The van der Waals surface area contributed by atoms with E-state index in [1.165, 1.54) is 0 Å². The van der Waals surface area contributed by atoms with E-state index in [9.17, 15) is 14.7 Å². The van der Waals surface area contributed by atoms with E-state index in [1.54, 1.807) is 21.6 Å². The quantitative estimate of drug-likeness (QED) is 0.785. The maximum atomic E-state index is 12.6. The monoisotopic (exact) mass is 302 g/mol. The molecule has 0 radical (unpaired) electrons. The minimum Gasteiger partial charge on any atom is -0.481 e. The summed E-state index contributed by atoms with van der Waals surface area (Å²) in [5, 5.41) is 18.7. The minimum absolute atomic E-state index is 0.00472. The normalized spacial score (nSPS) is 31.2. The van der Waals surface area contributed by atoms with E-state index < -0.39 is 5.97 Å². The van der Waals surface area contributed by atoms with Crippen LogP contribution < -0.4 is 0 Å². The van der Waals surface area contributed by atoms with Gasteiger partial charge in [0.05, 0.1) is 18.6 Å². The molecule has 7 heteroatoms. The number of aliphatic hydroxyl groups is 1. The van der Waals surface area contributed by atoms with Gasteiger partial charge in [0.25, 0.3) is 0 Å². The van der Waals surface area contributed by atoms with Crippen molar-refractivity contribution in [2.45, 2.75) is 31.9 Å². The third-order valence-corrected chi connectivity index (χ3v) is 5.11. The summed E-state index contributed by atoms with van der Waals surface area (Å²) in [6, 6.07) is -0.295. The maximum Gasteiger partial charge on any atom is 0.320 e. The summed E-state index contributed by atoms with van der Waals surface area (Å²) >= 11 is 1.70. The minimum atomic E-state index is -0.863. The van der Waals surface area contributed by atoms with E-state index in [2.05, 4.69) is 0 Å². The van der Waals surface area contributed by atoms with Crippen LogP contribution in [0.1, 0.15) is 19.8 Å². The fourth-order valence-corrected chi connectivity index (χ4v) is 3.83. The van der Waals surface area contributed by atoms with E-state index in [0.29, 0.717) is 31.8 Å². The van der Waals surface area contributed by atoms with Crippen LogP contribution in [0.3, 0.4) is 0 Å². The Balaban J connectivity index is 2.00. The second-order valence-electron chi connectivity index (χ2n) is 5.58. The fraction of sp³-hybridized carbons (Fsp3) is 0.846. The Hall–Kier alpha value is -0.950. The third-order valence-electron chi connectivity index (χ3n) is 4.01. The average molecular weight is 302 g/mol. The number of likely N-dealkylation sites (tertiary alicyclic amines) is 1. The van der Waals surface area contributed by atoms with Crippen LogP contribution in [0.2, 0.25) is 0 Å². The Kier molecular flexibility index (Phi) is 5.15. The molecule has 2 aliphatic rings. The van der Waals surface area contributed by atoms with Gasteiger partial charge in [0.2, 0.25) is 0 Å². The highest BCUT2D eigenvalue weighted by molar-refractivity contribution is 7.99. The van der Waals surface area contributed by atoms with Gasteiger partial charge in [0.15, 0.2) is 0 Å². The van der Waals surface area contributed by atoms with Crippen LogP contribution in [0.5, 0.6) is 0 Å². The molecule has 0 aromatic carbocycles. The van der Waals surface area contributed by atoms with Gasteiger partial charge in [-0.25, -0.2) is 4.79 Å². The highest BCUT2D eigenvalue weighted by Gasteiger charge is 2.34. The van der Waals surface area contributed by atoms with Gasteiger partial charge in [-0.15, -0.1) is 0 Å². The smallest absolute Gasteiger partial charge is 0.320 e. The summed E-state index contributed by atoms with van der Waals surface area (Å²) in [5.41, 5.74) is 0. The molecule has 0 aromatic rings. The van der Waals surface area contributed by atoms with Crippen LogP contribution in [0, 0.1) is 5.92 Å². The number of carbonyl (C=O) groups excluding carboxylic acids is 1. The molecule has 20 heavy (non-hydrogen) atoms. The predicted octanol–water partition coefficient (Wildman–Crippen LogP) is 0.701. The Morgan fingerprint density at radius 2 is 2.10 bits per heavy atom. The molecule has 2 saturated heterocycles. The fourth-order valence-electron chi connectivity index (χ4n) is 2.77. The summed E-state index contributed by atoms with van der Waals surface area (Å²) in [6.45, 7) is 3.64. The molecule has 0 saturated carbocycles. The van der Waals surface area contributed by atoms with Gasteiger partial charge >= 0.3 is 12.0 Å². The molecular weight excluding hydrogens is 280 g/mol. The van der Waals surface area contributed by atoms with Crippen molar-refractivity contribution in [1.82, 2.24) is 9.80 Å². The number of hydrogen-bond donors (Lipinski definition) is 2. The lowest BCUT2D eigenvalue weighted by molar-refractivity contribution is -0.138.